The number of hydrogen-bond acceptors (Lipinski definition) is 3. The first kappa shape index (κ1) is 23.0. The molecule has 1 atom stereocenters. The molecule has 1 aliphatic heterocycles. The van der Waals surface area contributed by atoms with E-state index in [0.29, 0.717) is 19.8 Å². The van der Waals surface area contributed by atoms with E-state index < -0.39 is 0 Å². The van der Waals surface area contributed by atoms with E-state index in [1.54, 1.807) is 0 Å². The van der Waals surface area contributed by atoms with E-state index in [4.69, 9.17) is 9.47 Å². The maximum absolute atomic E-state index is 5.68. The molecule has 1 fully saturated rings. The molecule has 2 heterocycles. The van der Waals surface area contributed by atoms with Crippen LogP contribution in [0.2, 0.25) is 0 Å². The quantitative estimate of drug-likeness (QED) is 0.214. The average molecular weight is 500 g/mol. The van der Waals surface area contributed by atoms with Crippen LogP contribution in [-0.4, -0.2) is 56.5 Å². The maximum Gasteiger partial charge on any atom is 0.191 e. The van der Waals surface area contributed by atoms with E-state index >= 15 is 0 Å². The van der Waals surface area contributed by atoms with Gasteiger partial charge in [0.05, 0.1) is 25.9 Å². The van der Waals surface area contributed by atoms with Crippen molar-refractivity contribution in [3.8, 4) is 0 Å². The molecular weight excluding hydrogens is 467 g/mol. The molecule has 0 saturated carbocycles. The van der Waals surface area contributed by atoms with Gasteiger partial charge in [0.2, 0.25) is 0 Å². The number of nitrogens with one attached hydrogen (secondary N) is 3. The number of H-pyrrole nitrogens is 1. The summed E-state index contributed by atoms with van der Waals surface area (Å²) >= 11 is 0. The van der Waals surface area contributed by atoms with E-state index in [1.165, 1.54) is 22.0 Å². The Morgan fingerprint density at radius 3 is 3.04 bits per heavy atom. The molecular formula is C21H33IN4O2. The lowest BCUT2D eigenvalue weighted by Crippen LogP contribution is -2.38. The Morgan fingerprint density at radius 2 is 2.25 bits per heavy atom. The fraction of sp³-hybridized carbons (Fsp3) is 0.571. The number of aromatic nitrogens is 1. The van der Waals surface area contributed by atoms with Crippen LogP contribution in [0.25, 0.3) is 10.9 Å². The summed E-state index contributed by atoms with van der Waals surface area (Å²) in [5.74, 6) is 0.842. The van der Waals surface area contributed by atoms with E-state index in [0.717, 1.165) is 44.9 Å². The molecule has 3 N–H and O–H groups in total. The summed E-state index contributed by atoms with van der Waals surface area (Å²) in [4.78, 5) is 7.95. The highest BCUT2D eigenvalue weighted by Gasteiger charge is 2.14. The Labute approximate surface area is 184 Å². The minimum absolute atomic E-state index is 0. The number of halogens is 1. The Bertz CT molecular complexity index is 741. The molecule has 3 rings (SSSR count). The monoisotopic (exact) mass is 500 g/mol. The highest BCUT2D eigenvalue weighted by Crippen LogP contribution is 2.19. The predicted molar refractivity (Wildman–Crippen MR) is 126 cm³/mol. The van der Waals surface area contributed by atoms with Gasteiger partial charge in [-0.05, 0) is 50.3 Å². The van der Waals surface area contributed by atoms with Crippen molar-refractivity contribution in [1.82, 2.24) is 15.6 Å². The number of ether oxygens (including phenoxy) is 2. The molecule has 1 aromatic heterocycles. The van der Waals surface area contributed by atoms with Crippen LogP contribution in [0.1, 0.15) is 30.9 Å². The van der Waals surface area contributed by atoms with Crippen molar-refractivity contribution in [2.75, 3.05) is 39.5 Å². The minimum atomic E-state index is 0. The van der Waals surface area contributed by atoms with Crippen LogP contribution in [0.15, 0.2) is 29.4 Å². The van der Waals surface area contributed by atoms with Gasteiger partial charge in [-0.25, -0.2) is 0 Å². The molecule has 6 nitrogen and oxygen atoms in total. The summed E-state index contributed by atoms with van der Waals surface area (Å²) in [7, 11) is 0. The van der Waals surface area contributed by atoms with Crippen molar-refractivity contribution >= 4 is 40.8 Å². The van der Waals surface area contributed by atoms with Crippen LogP contribution in [-0.2, 0) is 15.9 Å². The minimum Gasteiger partial charge on any atom is -0.377 e. The lowest BCUT2D eigenvalue weighted by atomic mass is 10.1. The van der Waals surface area contributed by atoms with Crippen molar-refractivity contribution in [1.29, 1.82) is 0 Å². The normalized spacial score (nSPS) is 16.9. The SMILES string of the molecule is CCNC(=NCCOCC1CCCO1)NCCc1c[nH]c2cc(C)ccc12.I. The molecule has 0 aliphatic carbocycles. The summed E-state index contributed by atoms with van der Waals surface area (Å²) < 4.78 is 11.2. The summed E-state index contributed by atoms with van der Waals surface area (Å²) in [6.07, 6.45) is 5.59. The molecule has 1 aromatic carbocycles. The Kier molecular flexibility index (Phi) is 10.1. The van der Waals surface area contributed by atoms with Gasteiger partial charge in [0.25, 0.3) is 0 Å². The summed E-state index contributed by atoms with van der Waals surface area (Å²) in [5.41, 5.74) is 3.81. The molecule has 0 radical (unpaired) electrons. The number of benzene rings is 1. The fourth-order valence-electron chi connectivity index (χ4n) is 3.38. The second kappa shape index (κ2) is 12.3. The average Bonchev–Trinajstić information content (AvgIpc) is 3.31. The van der Waals surface area contributed by atoms with Crippen LogP contribution in [0.5, 0.6) is 0 Å². The lowest BCUT2D eigenvalue weighted by Gasteiger charge is -2.12. The largest absolute Gasteiger partial charge is 0.377 e. The molecule has 156 valence electrons. The van der Waals surface area contributed by atoms with Gasteiger partial charge in [-0.1, -0.05) is 12.1 Å². The smallest absolute Gasteiger partial charge is 0.191 e. The van der Waals surface area contributed by atoms with Gasteiger partial charge in [-0.2, -0.15) is 0 Å². The zero-order valence-electron chi connectivity index (χ0n) is 16.9. The highest BCUT2D eigenvalue weighted by atomic mass is 127. The van der Waals surface area contributed by atoms with Crippen LogP contribution in [0.3, 0.4) is 0 Å². The maximum atomic E-state index is 5.68. The molecule has 7 heteroatoms. The van der Waals surface area contributed by atoms with Crippen LogP contribution < -0.4 is 10.6 Å². The second-order valence-electron chi connectivity index (χ2n) is 7.01. The van der Waals surface area contributed by atoms with Gasteiger partial charge in [0, 0.05) is 36.8 Å². The summed E-state index contributed by atoms with van der Waals surface area (Å²) in [6, 6.07) is 6.55. The molecule has 0 bridgehead atoms. The van der Waals surface area contributed by atoms with Crippen LogP contribution in [0, 0.1) is 6.92 Å². The van der Waals surface area contributed by atoms with Crippen molar-refractivity contribution in [2.24, 2.45) is 4.99 Å². The topological polar surface area (TPSA) is 70.7 Å². The third kappa shape index (κ3) is 6.93. The van der Waals surface area contributed by atoms with Crippen molar-refractivity contribution < 1.29 is 9.47 Å². The first-order chi connectivity index (χ1) is 13.3. The third-order valence-electron chi connectivity index (χ3n) is 4.79. The fourth-order valence-corrected chi connectivity index (χ4v) is 3.38. The molecule has 0 spiro atoms. The molecule has 2 aromatic rings. The van der Waals surface area contributed by atoms with E-state index in [2.05, 4.69) is 58.9 Å². The first-order valence-corrected chi connectivity index (χ1v) is 10.0. The zero-order chi connectivity index (χ0) is 18.9. The number of aliphatic imine (C=N–C) groups is 1. The highest BCUT2D eigenvalue weighted by molar-refractivity contribution is 14.0. The van der Waals surface area contributed by atoms with Gasteiger partial charge in [-0.15, -0.1) is 24.0 Å². The van der Waals surface area contributed by atoms with E-state index in [-0.39, 0.29) is 30.1 Å². The number of aromatic amines is 1. The Balaban J connectivity index is 0.00000280. The predicted octanol–water partition coefficient (Wildman–Crippen LogP) is 3.39. The van der Waals surface area contributed by atoms with Crippen molar-refractivity contribution in [2.45, 2.75) is 39.2 Å². The van der Waals surface area contributed by atoms with Crippen LogP contribution in [0.4, 0.5) is 0 Å². The summed E-state index contributed by atoms with van der Waals surface area (Å²) in [6.45, 7) is 8.69. The first-order valence-electron chi connectivity index (χ1n) is 10.0. The number of hydrogen-bond donors (Lipinski definition) is 3. The summed E-state index contributed by atoms with van der Waals surface area (Å²) in [5, 5.41) is 8.00. The number of fused-ring (bicyclic) bond motifs is 1. The standard InChI is InChI=1S/C21H32N4O2.HI/c1-3-22-21(24-10-12-26-15-18-5-4-11-27-18)23-9-8-17-14-25-20-13-16(2)6-7-19(17)20;/h6-7,13-14,18,25H,3-5,8-12,15H2,1-2H3,(H2,22,23,24);1H. The number of nitrogens with zero attached hydrogens (tertiary/aromatic N) is 1. The Morgan fingerprint density at radius 1 is 1.36 bits per heavy atom. The number of aryl methyl sites for hydroxylation is 1. The second-order valence-corrected chi connectivity index (χ2v) is 7.01. The molecule has 0 amide bonds. The van der Waals surface area contributed by atoms with Gasteiger partial charge in [0.1, 0.15) is 0 Å². The zero-order valence-corrected chi connectivity index (χ0v) is 19.3. The van der Waals surface area contributed by atoms with Crippen molar-refractivity contribution in [3.05, 3.63) is 35.5 Å². The molecule has 28 heavy (non-hydrogen) atoms. The molecule has 1 saturated heterocycles. The van der Waals surface area contributed by atoms with Gasteiger partial charge in [-0.3, -0.25) is 4.99 Å². The Hall–Kier alpha value is -1.32. The molecule has 1 aliphatic rings. The van der Waals surface area contributed by atoms with Gasteiger partial charge in [0.15, 0.2) is 5.96 Å². The number of guanidine groups is 1. The molecule has 1 unspecified atom stereocenters. The lowest BCUT2D eigenvalue weighted by molar-refractivity contribution is 0.0200. The van der Waals surface area contributed by atoms with Gasteiger partial charge < -0.3 is 25.1 Å². The van der Waals surface area contributed by atoms with E-state index in [9.17, 15) is 0 Å². The third-order valence-corrected chi connectivity index (χ3v) is 4.79. The van der Waals surface area contributed by atoms with Crippen molar-refractivity contribution in [3.63, 3.8) is 0 Å². The number of rotatable bonds is 9. The van der Waals surface area contributed by atoms with Crippen LogP contribution >= 0.6 is 24.0 Å². The van der Waals surface area contributed by atoms with E-state index in [1.807, 2.05) is 0 Å². The van der Waals surface area contributed by atoms with Gasteiger partial charge >= 0.3 is 0 Å².